The lowest BCUT2D eigenvalue weighted by Gasteiger charge is -2.20. The number of carbonyl (C=O) groups excluding carboxylic acids is 5. The number of hydrogen-bond acceptors (Lipinski definition) is 7. The van der Waals surface area contributed by atoms with E-state index in [0.717, 1.165) is 0 Å². The number of guanidine groups is 1. The Balaban J connectivity index is 2.22. The van der Waals surface area contributed by atoms with Crippen molar-refractivity contribution in [3.05, 3.63) is 35.4 Å². The summed E-state index contributed by atoms with van der Waals surface area (Å²) in [6, 6.07) is 4.05. The summed E-state index contributed by atoms with van der Waals surface area (Å²) in [6.07, 6.45) is 0.106. The summed E-state index contributed by atoms with van der Waals surface area (Å²) in [5.41, 5.74) is 11.4. The molecule has 0 aromatic heterocycles. The molecule has 2 rings (SSSR count). The van der Waals surface area contributed by atoms with E-state index in [2.05, 4.69) is 31.6 Å². The van der Waals surface area contributed by atoms with Gasteiger partial charge in [-0.1, -0.05) is 18.2 Å². The number of amides is 5. The third-order valence-corrected chi connectivity index (χ3v) is 5.63. The molecule has 212 valence electrons. The third-order valence-electron chi connectivity index (χ3n) is 5.63. The maximum absolute atomic E-state index is 12.7. The van der Waals surface area contributed by atoms with Gasteiger partial charge in [0.1, 0.15) is 12.1 Å². The first-order chi connectivity index (χ1) is 18.6. The highest BCUT2D eigenvalue weighted by Crippen LogP contribution is 2.09. The molecule has 2 atom stereocenters. The van der Waals surface area contributed by atoms with Crippen molar-refractivity contribution in [1.82, 2.24) is 26.6 Å². The number of benzene rings is 1. The molecule has 10 N–H and O–H groups in total. The Morgan fingerprint density at radius 2 is 1.59 bits per heavy atom. The summed E-state index contributed by atoms with van der Waals surface area (Å²) >= 11 is 0. The summed E-state index contributed by atoms with van der Waals surface area (Å²) in [5.74, 6) is -4.57. The number of carboxylic acids is 1. The molecule has 0 saturated heterocycles. The molecule has 15 heteroatoms. The number of nitrogens with one attached hydrogen (secondary N) is 5. The Morgan fingerprint density at radius 3 is 2.31 bits per heavy atom. The largest absolute Gasteiger partial charge is 0.481 e. The van der Waals surface area contributed by atoms with Crippen LogP contribution in [0, 0.1) is 0 Å². The number of hydrogen-bond donors (Lipinski definition) is 8. The van der Waals surface area contributed by atoms with E-state index in [1.54, 1.807) is 24.3 Å². The van der Waals surface area contributed by atoms with Gasteiger partial charge in [-0.25, -0.2) is 0 Å². The number of nitrogens with zero attached hydrogens (tertiary/aromatic N) is 1. The number of nitrogens with two attached hydrogens (primary N) is 2. The molecule has 0 radical (unpaired) electrons. The fraction of sp³-hybridized carbons (Fsp3) is 0.458. The summed E-state index contributed by atoms with van der Waals surface area (Å²) in [7, 11) is 0. The van der Waals surface area contributed by atoms with Crippen LogP contribution >= 0.6 is 0 Å². The molecular weight excluding hydrogens is 512 g/mol. The van der Waals surface area contributed by atoms with E-state index in [9.17, 15) is 33.9 Å². The predicted molar refractivity (Wildman–Crippen MR) is 139 cm³/mol. The monoisotopic (exact) mass is 546 g/mol. The Hall–Kier alpha value is -4.69. The maximum Gasteiger partial charge on any atom is 0.305 e. The van der Waals surface area contributed by atoms with Crippen LogP contribution in [0.25, 0.3) is 0 Å². The molecule has 0 bridgehead atoms. The van der Waals surface area contributed by atoms with Crippen LogP contribution in [0.3, 0.4) is 0 Å². The van der Waals surface area contributed by atoms with Gasteiger partial charge in [0.25, 0.3) is 5.91 Å². The van der Waals surface area contributed by atoms with Gasteiger partial charge in [0.05, 0.1) is 13.0 Å². The van der Waals surface area contributed by atoms with Crippen LogP contribution in [0.5, 0.6) is 0 Å². The molecule has 1 aliphatic rings. The number of aliphatic carboxylic acids is 1. The van der Waals surface area contributed by atoms with E-state index in [1.807, 2.05) is 0 Å². The second-order valence-electron chi connectivity index (χ2n) is 8.74. The second kappa shape index (κ2) is 15.5. The fourth-order valence-electron chi connectivity index (χ4n) is 3.71. The number of aliphatic imine (C=N–C) groups is 1. The summed E-state index contributed by atoms with van der Waals surface area (Å²) < 4.78 is 0. The second-order valence-corrected chi connectivity index (χ2v) is 8.74. The van der Waals surface area contributed by atoms with Crippen LogP contribution in [0.4, 0.5) is 0 Å². The lowest BCUT2D eigenvalue weighted by Crippen LogP contribution is -2.52. The maximum atomic E-state index is 12.7. The molecule has 1 aliphatic heterocycles. The van der Waals surface area contributed by atoms with Crippen molar-refractivity contribution >= 4 is 41.5 Å². The molecule has 0 saturated carbocycles. The summed E-state index contributed by atoms with van der Waals surface area (Å²) in [4.78, 5) is 78.3. The van der Waals surface area contributed by atoms with E-state index in [4.69, 9.17) is 11.5 Å². The van der Waals surface area contributed by atoms with Crippen LogP contribution in [0.15, 0.2) is 29.3 Å². The average molecular weight is 547 g/mol. The highest BCUT2D eigenvalue weighted by atomic mass is 16.4. The van der Waals surface area contributed by atoms with Crippen molar-refractivity contribution in [2.24, 2.45) is 16.5 Å². The number of rotatable bonds is 6. The van der Waals surface area contributed by atoms with Crippen molar-refractivity contribution in [3.8, 4) is 0 Å². The lowest BCUT2D eigenvalue weighted by atomic mass is 10.1. The van der Waals surface area contributed by atoms with Crippen molar-refractivity contribution in [2.75, 3.05) is 19.6 Å². The first-order valence-corrected chi connectivity index (χ1v) is 12.3. The zero-order valence-corrected chi connectivity index (χ0v) is 21.3. The number of fused-ring (bicyclic) bond motifs is 1. The Bertz CT molecular complexity index is 1100. The van der Waals surface area contributed by atoms with Crippen molar-refractivity contribution < 1.29 is 33.9 Å². The first kappa shape index (κ1) is 30.5. The van der Waals surface area contributed by atoms with Crippen LogP contribution in [-0.4, -0.2) is 78.3 Å². The van der Waals surface area contributed by atoms with E-state index >= 15 is 0 Å². The van der Waals surface area contributed by atoms with Crippen LogP contribution < -0.4 is 38.1 Å². The van der Waals surface area contributed by atoms with Crippen LogP contribution in [-0.2, 0) is 30.5 Å². The van der Waals surface area contributed by atoms with Crippen LogP contribution in [0.1, 0.15) is 48.0 Å². The van der Waals surface area contributed by atoms with E-state index in [-0.39, 0.29) is 50.4 Å². The molecule has 0 aliphatic carbocycles. The minimum absolute atomic E-state index is 0.0209. The lowest BCUT2D eigenvalue weighted by molar-refractivity contribution is -0.140. The first-order valence-electron chi connectivity index (χ1n) is 12.3. The molecule has 1 heterocycles. The van der Waals surface area contributed by atoms with Crippen LogP contribution in [0.2, 0.25) is 0 Å². The number of carbonyl (C=O) groups is 6. The average Bonchev–Trinajstić information content (AvgIpc) is 2.88. The standard InChI is InChI=1S/C24H34N8O7/c25-24(26)28-10-3-7-16-22(38)30-13-19(34)32-17(11-20(35)36)23(39)29-12-14-5-1-2-6-15(14)21(37)27-9-4-8-18(33)31-16/h1-2,5-6,16-17H,3-4,7-13H2,(H,27,37)(H,29,39)(H,30,38)(H,31,33)(H,32,34)(H,35,36)(H4,25,26,28)/t16?,17-/m0/s1. The third kappa shape index (κ3) is 11.1. The molecule has 5 amide bonds. The Morgan fingerprint density at radius 1 is 0.923 bits per heavy atom. The van der Waals surface area contributed by atoms with Gasteiger partial charge in [0, 0.05) is 31.6 Å². The molecule has 15 nitrogen and oxygen atoms in total. The van der Waals surface area contributed by atoms with Crippen molar-refractivity contribution in [3.63, 3.8) is 0 Å². The van der Waals surface area contributed by atoms with Gasteiger partial charge in [-0.3, -0.25) is 33.8 Å². The van der Waals surface area contributed by atoms with Crippen molar-refractivity contribution in [2.45, 2.75) is 50.7 Å². The molecule has 0 fully saturated rings. The Kier molecular flexibility index (Phi) is 12.2. The topological polar surface area (TPSA) is 247 Å². The van der Waals surface area contributed by atoms with Gasteiger partial charge in [-0.2, -0.15) is 0 Å². The van der Waals surface area contributed by atoms with Gasteiger partial charge >= 0.3 is 5.97 Å². The minimum Gasteiger partial charge on any atom is -0.481 e. The highest BCUT2D eigenvalue weighted by molar-refractivity contribution is 5.96. The molecular formula is C24H34N8O7. The van der Waals surface area contributed by atoms with Crippen molar-refractivity contribution in [1.29, 1.82) is 0 Å². The molecule has 39 heavy (non-hydrogen) atoms. The smallest absolute Gasteiger partial charge is 0.305 e. The summed E-state index contributed by atoms with van der Waals surface area (Å²) in [6.45, 7) is -0.284. The fourth-order valence-corrected chi connectivity index (χ4v) is 3.71. The normalized spacial score (nSPS) is 19.8. The molecule has 1 aromatic rings. The van der Waals surface area contributed by atoms with Gasteiger partial charge in [0.2, 0.25) is 23.6 Å². The zero-order valence-electron chi connectivity index (χ0n) is 21.3. The Labute approximate surface area is 224 Å². The molecule has 1 unspecified atom stereocenters. The van der Waals surface area contributed by atoms with E-state index in [1.165, 1.54) is 0 Å². The quantitative estimate of drug-likeness (QED) is 0.106. The van der Waals surface area contributed by atoms with Gasteiger partial charge in [0.15, 0.2) is 5.96 Å². The zero-order chi connectivity index (χ0) is 28.8. The highest BCUT2D eigenvalue weighted by Gasteiger charge is 2.26. The van der Waals surface area contributed by atoms with E-state index in [0.29, 0.717) is 12.0 Å². The molecule has 0 spiro atoms. The van der Waals surface area contributed by atoms with Gasteiger partial charge in [-0.05, 0) is 30.9 Å². The SMILES string of the molecule is NC(N)=NCCCC1NC(=O)CCCNC(=O)c2ccccc2CNC(=O)[C@H](CC(=O)O)NC(=O)CNC1=O. The minimum atomic E-state index is -1.44. The number of carboxylic acid groups (broad SMARTS) is 1. The van der Waals surface area contributed by atoms with Gasteiger partial charge < -0.3 is 43.2 Å². The summed E-state index contributed by atoms with van der Waals surface area (Å²) in [5, 5.41) is 21.7. The molecule has 1 aromatic carbocycles. The van der Waals surface area contributed by atoms with Gasteiger partial charge in [-0.15, -0.1) is 0 Å². The van der Waals surface area contributed by atoms with E-state index < -0.39 is 60.6 Å². The predicted octanol–water partition coefficient (Wildman–Crippen LogP) is -2.56.